The Balaban J connectivity index is 1.51. The summed E-state index contributed by atoms with van der Waals surface area (Å²) >= 11 is 0. The summed E-state index contributed by atoms with van der Waals surface area (Å²) in [6, 6.07) is 8.68. The smallest absolute Gasteiger partial charge is 0.310 e. The van der Waals surface area contributed by atoms with E-state index < -0.39 is 0 Å². The molecule has 3 unspecified atom stereocenters. The van der Waals surface area contributed by atoms with Crippen LogP contribution in [-0.4, -0.2) is 60.4 Å². The molecule has 3 fully saturated rings. The Labute approximate surface area is 204 Å². The van der Waals surface area contributed by atoms with Crippen molar-refractivity contribution in [3.63, 3.8) is 0 Å². The van der Waals surface area contributed by atoms with E-state index in [4.69, 9.17) is 4.74 Å². The summed E-state index contributed by atoms with van der Waals surface area (Å²) in [6.45, 7) is 6.62. The van der Waals surface area contributed by atoms with Crippen molar-refractivity contribution in [2.45, 2.75) is 71.1 Å². The maximum absolute atomic E-state index is 13.7. The number of hydrogen-bond donors (Lipinski definition) is 0. The van der Waals surface area contributed by atoms with Crippen molar-refractivity contribution in [2.75, 3.05) is 32.8 Å². The summed E-state index contributed by atoms with van der Waals surface area (Å²) < 4.78 is 5.22. The second kappa shape index (κ2) is 11.4. The largest absolute Gasteiger partial charge is 0.466 e. The molecule has 1 aliphatic carbocycles. The highest BCUT2D eigenvalue weighted by Crippen LogP contribution is 2.35. The minimum Gasteiger partial charge on any atom is -0.466 e. The fourth-order valence-corrected chi connectivity index (χ4v) is 6.04. The van der Waals surface area contributed by atoms with Gasteiger partial charge >= 0.3 is 5.97 Å². The van der Waals surface area contributed by atoms with E-state index >= 15 is 0 Å². The summed E-state index contributed by atoms with van der Waals surface area (Å²) in [4.78, 5) is 43.2. The average molecular weight is 469 g/mol. The Bertz CT molecular complexity index is 862. The van der Waals surface area contributed by atoms with E-state index in [1.807, 2.05) is 16.7 Å². The molecule has 0 spiro atoms. The molecular weight excluding hydrogens is 428 g/mol. The maximum atomic E-state index is 13.7. The predicted molar refractivity (Wildman–Crippen MR) is 131 cm³/mol. The van der Waals surface area contributed by atoms with E-state index in [9.17, 15) is 14.4 Å². The molecule has 3 atom stereocenters. The second-order valence-electron chi connectivity index (χ2n) is 10.3. The van der Waals surface area contributed by atoms with Crippen LogP contribution in [0.4, 0.5) is 0 Å². The van der Waals surface area contributed by atoms with E-state index in [0.29, 0.717) is 32.8 Å². The SMILES string of the molecule is CCOC(=O)C1CCCN(C(=O)C2CC(c3ccc(CC)cc3)CN(C(=O)C3CCCC3)C2)C1. The van der Waals surface area contributed by atoms with Crippen molar-refractivity contribution in [1.29, 1.82) is 0 Å². The molecule has 1 aromatic carbocycles. The minimum absolute atomic E-state index is 0.0908. The Morgan fingerprint density at radius 2 is 1.47 bits per heavy atom. The number of esters is 1. The van der Waals surface area contributed by atoms with Crippen LogP contribution in [-0.2, 0) is 25.5 Å². The molecule has 2 saturated heterocycles. The molecule has 4 rings (SSSR count). The Hall–Kier alpha value is -2.37. The predicted octanol–water partition coefficient (Wildman–Crippen LogP) is 4.17. The number of amides is 2. The Morgan fingerprint density at radius 1 is 0.824 bits per heavy atom. The lowest BCUT2D eigenvalue weighted by atomic mass is 9.82. The van der Waals surface area contributed by atoms with Crippen molar-refractivity contribution in [3.05, 3.63) is 35.4 Å². The van der Waals surface area contributed by atoms with Crippen molar-refractivity contribution in [2.24, 2.45) is 17.8 Å². The number of nitrogens with zero attached hydrogens (tertiary/aromatic N) is 2. The number of benzene rings is 1. The van der Waals surface area contributed by atoms with Gasteiger partial charge in [-0.3, -0.25) is 14.4 Å². The van der Waals surface area contributed by atoms with Crippen LogP contribution in [0, 0.1) is 17.8 Å². The van der Waals surface area contributed by atoms with Crippen molar-refractivity contribution < 1.29 is 19.1 Å². The van der Waals surface area contributed by atoms with Gasteiger partial charge in [-0.05, 0) is 56.6 Å². The van der Waals surface area contributed by atoms with Crippen LogP contribution in [0.3, 0.4) is 0 Å². The fraction of sp³-hybridized carbons (Fsp3) is 0.679. The number of ether oxygens (including phenoxy) is 1. The summed E-state index contributed by atoms with van der Waals surface area (Å²) in [5, 5.41) is 0. The summed E-state index contributed by atoms with van der Waals surface area (Å²) in [5.74, 6) is -0.0765. The molecule has 0 radical (unpaired) electrons. The molecule has 2 heterocycles. The van der Waals surface area contributed by atoms with E-state index in [2.05, 4.69) is 31.2 Å². The number of carbonyl (C=O) groups excluding carboxylic acids is 3. The van der Waals surface area contributed by atoms with E-state index in [1.165, 1.54) is 11.1 Å². The third kappa shape index (κ3) is 5.64. The first-order chi connectivity index (χ1) is 16.5. The molecule has 0 aromatic heterocycles. The van der Waals surface area contributed by atoms with Gasteiger partial charge in [-0.2, -0.15) is 0 Å². The summed E-state index contributed by atoms with van der Waals surface area (Å²) in [6.07, 6.45) is 7.51. The number of aryl methyl sites for hydroxylation is 1. The molecule has 0 bridgehead atoms. The monoisotopic (exact) mass is 468 g/mol. The van der Waals surface area contributed by atoms with Crippen LogP contribution in [0.2, 0.25) is 0 Å². The molecule has 0 N–H and O–H groups in total. The lowest BCUT2D eigenvalue weighted by Crippen LogP contribution is -2.52. The average Bonchev–Trinajstić information content (AvgIpc) is 3.43. The lowest BCUT2D eigenvalue weighted by Gasteiger charge is -2.41. The zero-order valence-electron chi connectivity index (χ0n) is 20.8. The Kier molecular flexibility index (Phi) is 8.28. The Morgan fingerprint density at radius 3 is 2.15 bits per heavy atom. The molecular formula is C28H40N2O4. The van der Waals surface area contributed by atoms with Gasteiger partial charge in [-0.1, -0.05) is 44.0 Å². The maximum Gasteiger partial charge on any atom is 0.310 e. The first-order valence-electron chi connectivity index (χ1n) is 13.3. The zero-order chi connectivity index (χ0) is 24.1. The van der Waals surface area contributed by atoms with Crippen LogP contribution in [0.15, 0.2) is 24.3 Å². The number of likely N-dealkylation sites (tertiary alicyclic amines) is 2. The molecule has 1 saturated carbocycles. The zero-order valence-corrected chi connectivity index (χ0v) is 20.8. The van der Waals surface area contributed by atoms with E-state index in [1.54, 1.807) is 0 Å². The van der Waals surface area contributed by atoms with Gasteiger partial charge in [0, 0.05) is 38.0 Å². The number of hydrogen-bond acceptors (Lipinski definition) is 4. The lowest BCUT2D eigenvalue weighted by molar-refractivity contribution is -0.152. The number of piperidine rings is 2. The number of rotatable bonds is 6. The quantitative estimate of drug-likeness (QED) is 0.588. The minimum atomic E-state index is -0.241. The van der Waals surface area contributed by atoms with Gasteiger partial charge < -0.3 is 14.5 Å². The number of carbonyl (C=O) groups is 3. The van der Waals surface area contributed by atoms with Gasteiger partial charge in [0.1, 0.15) is 0 Å². The van der Waals surface area contributed by atoms with Crippen molar-refractivity contribution in [1.82, 2.24) is 9.80 Å². The summed E-state index contributed by atoms with van der Waals surface area (Å²) in [5.41, 5.74) is 2.51. The molecule has 2 aliphatic heterocycles. The van der Waals surface area contributed by atoms with Crippen LogP contribution in [0.5, 0.6) is 0 Å². The van der Waals surface area contributed by atoms with Gasteiger partial charge in [-0.25, -0.2) is 0 Å². The first kappa shape index (κ1) is 24.7. The van der Waals surface area contributed by atoms with Crippen molar-refractivity contribution in [3.8, 4) is 0 Å². The van der Waals surface area contributed by atoms with Crippen molar-refractivity contribution >= 4 is 17.8 Å². The van der Waals surface area contributed by atoms with E-state index in [0.717, 1.165) is 51.4 Å². The highest BCUT2D eigenvalue weighted by molar-refractivity contribution is 5.83. The topological polar surface area (TPSA) is 66.9 Å². The molecule has 2 amide bonds. The van der Waals surface area contributed by atoms with Crippen LogP contribution < -0.4 is 0 Å². The standard InChI is InChI=1S/C28H40N2O4/c1-3-20-11-13-21(14-12-20)24-16-25(19-30(18-24)26(31)22-8-5-6-9-22)27(32)29-15-7-10-23(17-29)28(33)34-4-2/h11-14,22-25H,3-10,15-19H2,1-2H3. The fourth-order valence-electron chi connectivity index (χ4n) is 6.04. The molecule has 6 nitrogen and oxygen atoms in total. The van der Waals surface area contributed by atoms with Crippen LogP contribution >= 0.6 is 0 Å². The van der Waals surface area contributed by atoms with Gasteiger partial charge in [0.2, 0.25) is 11.8 Å². The van der Waals surface area contributed by atoms with E-state index in [-0.39, 0.29) is 41.5 Å². The highest BCUT2D eigenvalue weighted by Gasteiger charge is 2.40. The molecule has 34 heavy (non-hydrogen) atoms. The highest BCUT2D eigenvalue weighted by atomic mass is 16.5. The molecule has 3 aliphatic rings. The molecule has 1 aromatic rings. The first-order valence-corrected chi connectivity index (χ1v) is 13.3. The third-order valence-corrected chi connectivity index (χ3v) is 8.03. The van der Waals surface area contributed by atoms with Crippen LogP contribution in [0.1, 0.15) is 75.8 Å². The summed E-state index contributed by atoms with van der Waals surface area (Å²) in [7, 11) is 0. The van der Waals surface area contributed by atoms with Gasteiger partial charge in [0.05, 0.1) is 18.4 Å². The normalized spacial score (nSPS) is 25.9. The van der Waals surface area contributed by atoms with Gasteiger partial charge in [0.15, 0.2) is 0 Å². The second-order valence-corrected chi connectivity index (χ2v) is 10.3. The molecule has 6 heteroatoms. The third-order valence-electron chi connectivity index (χ3n) is 8.03. The molecule has 186 valence electrons. The van der Waals surface area contributed by atoms with Crippen LogP contribution in [0.25, 0.3) is 0 Å². The van der Waals surface area contributed by atoms with Gasteiger partial charge in [-0.15, -0.1) is 0 Å². The van der Waals surface area contributed by atoms with Gasteiger partial charge in [0.25, 0.3) is 0 Å².